The average Bonchev–Trinajstić information content (AvgIpc) is 3.02. The van der Waals surface area contributed by atoms with Gasteiger partial charge in [-0.1, -0.05) is 30.3 Å². The Balaban J connectivity index is 1.65. The molecule has 1 aromatic heterocycles. The summed E-state index contributed by atoms with van der Waals surface area (Å²) in [6.07, 6.45) is 0. The van der Waals surface area contributed by atoms with Crippen molar-refractivity contribution in [1.29, 1.82) is 0 Å². The van der Waals surface area contributed by atoms with Gasteiger partial charge in [-0.3, -0.25) is 15.6 Å². The summed E-state index contributed by atoms with van der Waals surface area (Å²) in [5, 5.41) is 0. The van der Waals surface area contributed by atoms with Gasteiger partial charge in [-0.2, -0.15) is 0 Å². The van der Waals surface area contributed by atoms with E-state index in [1.165, 1.54) is 0 Å². The lowest BCUT2D eigenvalue weighted by Gasteiger charge is -2.18. The van der Waals surface area contributed by atoms with E-state index in [0.717, 1.165) is 17.0 Å². The van der Waals surface area contributed by atoms with Gasteiger partial charge in [0.1, 0.15) is 0 Å². The fourth-order valence-corrected chi connectivity index (χ4v) is 2.83. The number of aromatic nitrogens is 2. The molecule has 0 saturated carbocycles. The third kappa shape index (κ3) is 3.65. The van der Waals surface area contributed by atoms with E-state index < -0.39 is 0 Å². The number of nitrogens with one attached hydrogen (secondary N) is 2. The topological polar surface area (TPSA) is 76.1 Å². The molecule has 1 aliphatic rings. The van der Waals surface area contributed by atoms with Crippen LogP contribution >= 0.6 is 0 Å². The molecule has 1 fully saturated rings. The summed E-state index contributed by atoms with van der Waals surface area (Å²) in [7, 11) is 0. The molecule has 3 rings (SSSR count). The van der Waals surface area contributed by atoms with Crippen molar-refractivity contribution in [2.75, 3.05) is 18.6 Å². The molecule has 2 heterocycles. The van der Waals surface area contributed by atoms with Crippen molar-refractivity contribution >= 4 is 11.9 Å². The van der Waals surface area contributed by atoms with Crippen molar-refractivity contribution in [3.05, 3.63) is 53.3 Å². The molecule has 6 heteroatoms. The van der Waals surface area contributed by atoms with E-state index in [0.29, 0.717) is 19.2 Å². The SMILES string of the molecule is Cc1cc(C)nc(NNC(=O)C2COCC2c2ccccc2)n1. The first kappa shape index (κ1) is 15.4. The molecule has 2 unspecified atom stereocenters. The van der Waals surface area contributed by atoms with Gasteiger partial charge >= 0.3 is 0 Å². The Morgan fingerprint density at radius 1 is 1.13 bits per heavy atom. The molecule has 2 aromatic rings. The van der Waals surface area contributed by atoms with Gasteiger partial charge in [0.2, 0.25) is 11.9 Å². The van der Waals surface area contributed by atoms with Crippen molar-refractivity contribution in [2.24, 2.45) is 5.92 Å². The summed E-state index contributed by atoms with van der Waals surface area (Å²) in [4.78, 5) is 20.9. The van der Waals surface area contributed by atoms with Crippen LogP contribution in [0.2, 0.25) is 0 Å². The zero-order chi connectivity index (χ0) is 16.2. The number of rotatable bonds is 4. The number of benzene rings is 1. The zero-order valence-corrected chi connectivity index (χ0v) is 13.2. The van der Waals surface area contributed by atoms with Crippen LogP contribution in [-0.2, 0) is 9.53 Å². The maximum atomic E-state index is 12.5. The van der Waals surface area contributed by atoms with Gasteiger partial charge in [-0.25, -0.2) is 9.97 Å². The summed E-state index contributed by atoms with van der Waals surface area (Å²) in [6, 6.07) is 11.9. The minimum absolute atomic E-state index is 0.0677. The Labute approximate surface area is 135 Å². The first-order chi connectivity index (χ1) is 11.1. The smallest absolute Gasteiger partial charge is 0.244 e. The lowest BCUT2D eigenvalue weighted by Crippen LogP contribution is -2.38. The molecule has 2 atom stereocenters. The number of hydrogen-bond acceptors (Lipinski definition) is 5. The number of nitrogens with zero attached hydrogens (tertiary/aromatic N) is 2. The Bertz CT molecular complexity index is 670. The predicted octanol–water partition coefficient (Wildman–Crippen LogP) is 1.97. The van der Waals surface area contributed by atoms with Crippen LogP contribution in [0.3, 0.4) is 0 Å². The fraction of sp³-hybridized carbons (Fsp3) is 0.353. The van der Waals surface area contributed by atoms with Crippen molar-refractivity contribution in [3.63, 3.8) is 0 Å². The van der Waals surface area contributed by atoms with E-state index in [2.05, 4.69) is 20.8 Å². The van der Waals surface area contributed by atoms with E-state index >= 15 is 0 Å². The van der Waals surface area contributed by atoms with Crippen LogP contribution in [0.15, 0.2) is 36.4 Å². The molecule has 23 heavy (non-hydrogen) atoms. The van der Waals surface area contributed by atoms with Gasteiger partial charge < -0.3 is 4.74 Å². The molecule has 1 amide bonds. The molecule has 0 aliphatic carbocycles. The number of aryl methyl sites for hydroxylation is 2. The Morgan fingerprint density at radius 2 is 1.83 bits per heavy atom. The molecule has 1 aromatic carbocycles. The standard InChI is InChI=1S/C17H20N4O2/c1-11-8-12(2)19-17(18-11)21-20-16(22)15-10-23-9-14(15)13-6-4-3-5-7-13/h3-8,14-15H,9-10H2,1-2H3,(H,20,22)(H,18,19,21). The highest BCUT2D eigenvalue weighted by molar-refractivity contribution is 5.81. The second-order valence-corrected chi connectivity index (χ2v) is 5.75. The average molecular weight is 312 g/mol. The largest absolute Gasteiger partial charge is 0.380 e. The van der Waals surface area contributed by atoms with Crippen LogP contribution in [0, 0.1) is 19.8 Å². The summed E-state index contributed by atoms with van der Waals surface area (Å²) >= 11 is 0. The van der Waals surface area contributed by atoms with Crippen LogP contribution in [0.1, 0.15) is 22.9 Å². The van der Waals surface area contributed by atoms with Crippen LogP contribution in [0.25, 0.3) is 0 Å². The third-order valence-corrected chi connectivity index (χ3v) is 3.92. The van der Waals surface area contributed by atoms with E-state index in [9.17, 15) is 4.79 Å². The van der Waals surface area contributed by atoms with Crippen LogP contribution < -0.4 is 10.9 Å². The first-order valence-electron chi connectivity index (χ1n) is 7.64. The quantitative estimate of drug-likeness (QED) is 0.844. The highest BCUT2D eigenvalue weighted by Crippen LogP contribution is 2.30. The number of amides is 1. The molecule has 0 radical (unpaired) electrons. The number of hydrogen-bond donors (Lipinski definition) is 2. The Hall–Kier alpha value is -2.47. The first-order valence-corrected chi connectivity index (χ1v) is 7.64. The fourth-order valence-electron chi connectivity index (χ4n) is 2.83. The maximum Gasteiger partial charge on any atom is 0.244 e. The van der Waals surface area contributed by atoms with Crippen molar-refractivity contribution < 1.29 is 9.53 Å². The van der Waals surface area contributed by atoms with E-state index in [1.807, 2.05) is 50.2 Å². The minimum Gasteiger partial charge on any atom is -0.380 e. The van der Waals surface area contributed by atoms with Gasteiger partial charge in [-0.05, 0) is 25.5 Å². The van der Waals surface area contributed by atoms with Crippen molar-refractivity contribution in [1.82, 2.24) is 15.4 Å². The molecular formula is C17H20N4O2. The van der Waals surface area contributed by atoms with E-state index in [-0.39, 0.29) is 17.7 Å². The van der Waals surface area contributed by atoms with Crippen molar-refractivity contribution in [2.45, 2.75) is 19.8 Å². The van der Waals surface area contributed by atoms with Gasteiger partial charge in [0, 0.05) is 17.3 Å². The van der Waals surface area contributed by atoms with Gasteiger partial charge in [-0.15, -0.1) is 0 Å². The van der Waals surface area contributed by atoms with Crippen LogP contribution in [-0.4, -0.2) is 29.1 Å². The Kier molecular flexibility index (Phi) is 4.52. The van der Waals surface area contributed by atoms with Gasteiger partial charge in [0.25, 0.3) is 0 Å². The zero-order valence-electron chi connectivity index (χ0n) is 13.2. The molecule has 6 nitrogen and oxygen atoms in total. The molecule has 0 spiro atoms. The van der Waals surface area contributed by atoms with E-state index in [1.54, 1.807) is 0 Å². The van der Waals surface area contributed by atoms with Crippen molar-refractivity contribution in [3.8, 4) is 0 Å². The third-order valence-electron chi connectivity index (χ3n) is 3.92. The molecule has 1 saturated heterocycles. The summed E-state index contributed by atoms with van der Waals surface area (Å²) in [5.74, 6) is 0.124. The second-order valence-electron chi connectivity index (χ2n) is 5.75. The molecule has 120 valence electrons. The van der Waals surface area contributed by atoms with Gasteiger partial charge in [0.05, 0.1) is 19.1 Å². The normalized spacial score (nSPS) is 20.3. The predicted molar refractivity (Wildman–Crippen MR) is 86.8 cm³/mol. The summed E-state index contributed by atoms with van der Waals surface area (Å²) < 4.78 is 5.52. The summed E-state index contributed by atoms with van der Waals surface area (Å²) in [5.41, 5.74) is 8.31. The lowest BCUT2D eigenvalue weighted by molar-refractivity contribution is -0.124. The number of carbonyl (C=O) groups excluding carboxylic acids is 1. The minimum atomic E-state index is -0.226. The van der Waals surface area contributed by atoms with Gasteiger partial charge in [0.15, 0.2) is 0 Å². The number of carbonyl (C=O) groups is 1. The molecule has 1 aliphatic heterocycles. The monoisotopic (exact) mass is 312 g/mol. The number of ether oxygens (including phenoxy) is 1. The molecule has 0 bridgehead atoms. The number of anilines is 1. The van der Waals surface area contributed by atoms with Crippen LogP contribution in [0.5, 0.6) is 0 Å². The number of hydrazine groups is 1. The highest BCUT2D eigenvalue weighted by Gasteiger charge is 2.35. The second kappa shape index (κ2) is 6.75. The summed E-state index contributed by atoms with van der Waals surface area (Å²) in [6.45, 7) is 4.75. The highest BCUT2D eigenvalue weighted by atomic mass is 16.5. The Morgan fingerprint density at radius 3 is 2.52 bits per heavy atom. The maximum absolute atomic E-state index is 12.5. The molecule has 2 N–H and O–H groups in total. The molecular weight excluding hydrogens is 292 g/mol. The lowest BCUT2D eigenvalue weighted by atomic mass is 9.88. The van der Waals surface area contributed by atoms with Crippen LogP contribution in [0.4, 0.5) is 5.95 Å². The van der Waals surface area contributed by atoms with E-state index in [4.69, 9.17) is 4.74 Å².